The molecule has 0 atom stereocenters. The van der Waals surface area contributed by atoms with Gasteiger partial charge in [-0.25, -0.2) is 0 Å². The zero-order valence-electron chi connectivity index (χ0n) is 21.1. The Balaban J connectivity index is 0.000000235. The molecular formula is C29H34IMoN3. The van der Waals surface area contributed by atoms with Crippen LogP contribution in [0, 0.1) is 38.3 Å². The molecule has 0 amide bonds. The summed E-state index contributed by atoms with van der Waals surface area (Å²) in [7, 11) is 0. The third-order valence-electron chi connectivity index (χ3n) is 5.11. The molecule has 0 unspecified atom stereocenters. The van der Waals surface area contributed by atoms with Crippen LogP contribution in [0.25, 0.3) is 0 Å². The van der Waals surface area contributed by atoms with Crippen molar-refractivity contribution < 1.29 is 17.9 Å². The Bertz CT molecular complexity index is 1140. The van der Waals surface area contributed by atoms with E-state index in [4.69, 9.17) is 3.50 Å². The van der Waals surface area contributed by atoms with Crippen molar-refractivity contribution in [2.45, 2.75) is 53.9 Å². The fraction of sp³-hybridized carbons (Fsp3) is 0.276. The maximum atomic E-state index is 4.89. The standard InChI is InChI=1S/C10H12.C8H9N.C6H8N.C5H5IN.Mo/c1-10(2,3)9-7-5-4-6-8-9;1-6-4-3-5-7(2)8(6)9;1-5-3-4-6(2)7-5;1-4-2-3-5(6)7-4;/h1,4-8H,2-3H3;3-5H,1-2H3;3-4H,1-2H3;2-3H,1H3;/q;;2*-1;+2. The van der Waals surface area contributed by atoms with Gasteiger partial charge in [-0.1, -0.05) is 71.3 Å². The molecule has 0 radical (unpaired) electrons. The van der Waals surface area contributed by atoms with Gasteiger partial charge in [0.1, 0.15) is 0 Å². The maximum absolute atomic E-state index is 4.89. The van der Waals surface area contributed by atoms with E-state index >= 15 is 0 Å². The monoisotopic (exact) mass is 649 g/mol. The normalized spacial score (nSPS) is 10.2. The molecule has 0 aliphatic carbocycles. The number of aryl methyl sites for hydroxylation is 5. The quantitative estimate of drug-likeness (QED) is 0.168. The van der Waals surface area contributed by atoms with Gasteiger partial charge in [0.2, 0.25) is 0 Å². The number of benzene rings is 2. The summed E-state index contributed by atoms with van der Waals surface area (Å²) in [6.45, 7) is 14.8. The van der Waals surface area contributed by atoms with Crippen LogP contribution in [-0.4, -0.2) is 4.40 Å². The molecule has 4 aromatic rings. The van der Waals surface area contributed by atoms with E-state index in [0.717, 1.165) is 20.8 Å². The summed E-state index contributed by atoms with van der Waals surface area (Å²) in [5.74, 6) is 0. The van der Waals surface area contributed by atoms with Crippen LogP contribution >= 0.6 is 22.6 Å². The van der Waals surface area contributed by atoms with Crippen LogP contribution in [0.2, 0.25) is 0 Å². The van der Waals surface area contributed by atoms with E-state index in [-0.39, 0.29) is 5.41 Å². The van der Waals surface area contributed by atoms with Crippen LogP contribution in [0.15, 0.2) is 76.3 Å². The molecule has 0 aliphatic rings. The Morgan fingerprint density at radius 3 is 1.65 bits per heavy atom. The van der Waals surface area contributed by atoms with Gasteiger partial charge in [-0.2, -0.15) is 17.1 Å². The molecular weight excluding hydrogens is 613 g/mol. The van der Waals surface area contributed by atoms with Gasteiger partial charge in [-0.05, 0) is 0 Å². The first-order chi connectivity index (χ1) is 16.1. The Morgan fingerprint density at radius 2 is 1.24 bits per heavy atom. The fourth-order valence-electron chi connectivity index (χ4n) is 3.12. The second-order valence-corrected chi connectivity index (χ2v) is 11.4. The molecule has 0 saturated carbocycles. The second-order valence-electron chi connectivity index (χ2n) is 8.78. The van der Waals surface area contributed by atoms with Crippen molar-refractivity contribution in [1.29, 1.82) is 0 Å². The fourth-order valence-corrected chi connectivity index (χ4v) is 5.76. The minimum absolute atomic E-state index is 0.101. The molecule has 34 heavy (non-hydrogen) atoms. The van der Waals surface area contributed by atoms with E-state index in [0.29, 0.717) is 0 Å². The van der Waals surface area contributed by atoms with E-state index in [1.54, 1.807) is 0 Å². The molecule has 2 heterocycles. The first-order valence-corrected chi connectivity index (χ1v) is 14.4. The van der Waals surface area contributed by atoms with Crippen molar-refractivity contribution in [2.75, 3.05) is 0 Å². The minimum atomic E-state index is -0.493. The zero-order chi connectivity index (χ0) is 25.1. The molecule has 0 N–H and O–H groups in total. The molecule has 0 saturated heterocycles. The van der Waals surface area contributed by atoms with Gasteiger partial charge in [-0.15, -0.1) is 0 Å². The average molecular weight is 647 g/mol. The van der Waals surface area contributed by atoms with E-state index in [9.17, 15) is 0 Å². The number of nitrogens with zero attached hydrogens (tertiary/aromatic N) is 3. The predicted octanol–water partition coefficient (Wildman–Crippen LogP) is 7.80. The topological polar surface area (TPSA) is 40.6 Å². The Hall–Kier alpha value is -1.91. The third kappa shape index (κ3) is 9.75. The summed E-state index contributed by atoms with van der Waals surface area (Å²) < 4.78 is 8.39. The Morgan fingerprint density at radius 1 is 0.706 bits per heavy atom. The van der Waals surface area contributed by atoms with Crippen LogP contribution in [0.4, 0.5) is 5.69 Å². The third-order valence-corrected chi connectivity index (χ3v) is 8.13. The van der Waals surface area contributed by atoms with Crippen LogP contribution in [0.1, 0.15) is 47.6 Å². The molecule has 0 aliphatic heterocycles. The van der Waals surface area contributed by atoms with Crippen molar-refractivity contribution >= 4 is 32.7 Å². The molecule has 178 valence electrons. The molecule has 0 fully saturated rings. The summed E-state index contributed by atoms with van der Waals surface area (Å²) in [6, 6.07) is 25.1. The van der Waals surface area contributed by atoms with Gasteiger partial charge in [0.05, 0.1) is 0 Å². The van der Waals surface area contributed by atoms with Crippen molar-refractivity contribution in [2.24, 2.45) is 3.50 Å². The molecule has 2 aromatic heterocycles. The number of aromatic nitrogens is 2. The predicted molar refractivity (Wildman–Crippen MR) is 150 cm³/mol. The molecule has 0 spiro atoms. The van der Waals surface area contributed by atoms with Crippen molar-refractivity contribution in [3.63, 3.8) is 0 Å². The summed E-state index contributed by atoms with van der Waals surface area (Å²) in [5, 5.41) is 0. The number of hydrogen-bond acceptors (Lipinski definition) is 1. The average Bonchev–Trinajstić information content (AvgIpc) is 3.37. The molecule has 4 rings (SSSR count). The van der Waals surface area contributed by atoms with Crippen molar-refractivity contribution in [3.05, 3.63) is 110 Å². The van der Waals surface area contributed by atoms with Crippen LogP contribution < -0.4 is 9.97 Å². The number of halogens is 1. The zero-order valence-corrected chi connectivity index (χ0v) is 25.3. The van der Waals surface area contributed by atoms with Gasteiger partial charge in [0, 0.05) is 0 Å². The first kappa shape index (κ1) is 28.3. The Labute approximate surface area is 226 Å². The molecule has 2 aromatic carbocycles. The van der Waals surface area contributed by atoms with Gasteiger partial charge in [-0.3, -0.25) is 0 Å². The SMILES string of the molecule is Cc1ccc(C)[n-]1.Cc1ccc(I)[n-]1.Cc1cccc(C)c1[N]=[Mo+2]=[CH]C(C)(C)c1ccccc1. The van der Waals surface area contributed by atoms with E-state index < -0.39 is 17.9 Å². The molecule has 3 nitrogen and oxygen atoms in total. The van der Waals surface area contributed by atoms with Crippen LogP contribution in [-0.2, 0) is 23.3 Å². The van der Waals surface area contributed by atoms with Crippen molar-refractivity contribution in [3.8, 4) is 0 Å². The van der Waals surface area contributed by atoms with Crippen molar-refractivity contribution in [1.82, 2.24) is 9.97 Å². The summed E-state index contributed by atoms with van der Waals surface area (Å²) in [4.78, 5) is 8.21. The van der Waals surface area contributed by atoms with E-state index in [1.165, 1.54) is 22.4 Å². The van der Waals surface area contributed by atoms with Gasteiger partial charge < -0.3 is 9.97 Å². The van der Waals surface area contributed by atoms with Crippen LogP contribution in [0.3, 0.4) is 0 Å². The first-order valence-electron chi connectivity index (χ1n) is 11.2. The second kappa shape index (κ2) is 13.8. The molecule has 5 heteroatoms. The van der Waals surface area contributed by atoms with Gasteiger partial charge in [0.15, 0.2) is 0 Å². The molecule has 0 bridgehead atoms. The Kier molecular flexibility index (Phi) is 11.5. The number of rotatable bonds is 3. The van der Waals surface area contributed by atoms with Crippen LogP contribution in [0.5, 0.6) is 0 Å². The van der Waals surface area contributed by atoms with Gasteiger partial charge >= 0.3 is 130 Å². The summed E-state index contributed by atoms with van der Waals surface area (Å²) >= 11 is 1.70. The van der Waals surface area contributed by atoms with E-state index in [2.05, 4.69) is 113 Å². The van der Waals surface area contributed by atoms with Gasteiger partial charge in [0.25, 0.3) is 0 Å². The summed E-state index contributed by atoms with van der Waals surface area (Å²) in [6.07, 6.45) is 0. The van der Waals surface area contributed by atoms with E-state index in [1.807, 2.05) is 45.0 Å². The summed E-state index contributed by atoms with van der Waals surface area (Å²) in [5.41, 5.74) is 8.53. The number of hydrogen-bond donors (Lipinski definition) is 0.